The first-order chi connectivity index (χ1) is 17.6. The molecule has 0 N–H and O–H groups in total. The van der Waals surface area contributed by atoms with Gasteiger partial charge in [-0.05, 0) is 48.5 Å². The number of hydrogen-bond donors (Lipinski definition) is 0. The summed E-state index contributed by atoms with van der Waals surface area (Å²) in [6, 6.07) is 20.2. The van der Waals surface area contributed by atoms with E-state index in [1.807, 2.05) is 0 Å². The highest BCUT2D eigenvalue weighted by atomic mass is 35.5. The van der Waals surface area contributed by atoms with Crippen LogP contribution in [0, 0.1) is 0 Å². The standard InChI is InChI=1S/C27H20Cl4N2O4/c1-16(34)33(27(30,31)15-24(35)17-9-11-20(36-2)12-10-17)19-6-3-5-18(13-19)25-14-23(32-37-25)26-21(28)7-4-8-22(26)29/h3-14H,15H2,1-2H3. The Kier molecular flexibility index (Phi) is 8.14. The molecule has 1 aromatic heterocycles. The number of anilines is 1. The van der Waals surface area contributed by atoms with Gasteiger partial charge in [0, 0.05) is 35.4 Å². The van der Waals surface area contributed by atoms with Crippen LogP contribution in [0.15, 0.2) is 77.3 Å². The second-order valence-corrected chi connectivity index (χ2v) is 10.3. The van der Waals surface area contributed by atoms with Crippen LogP contribution in [-0.2, 0) is 4.79 Å². The molecule has 0 aliphatic heterocycles. The van der Waals surface area contributed by atoms with E-state index in [-0.39, 0.29) is 12.2 Å². The minimum atomic E-state index is -1.86. The van der Waals surface area contributed by atoms with Crippen LogP contribution in [0.1, 0.15) is 23.7 Å². The largest absolute Gasteiger partial charge is 0.497 e. The molecule has 0 bridgehead atoms. The van der Waals surface area contributed by atoms with E-state index in [2.05, 4.69) is 5.16 Å². The number of hydrogen-bond acceptors (Lipinski definition) is 5. The van der Waals surface area contributed by atoms with Gasteiger partial charge in [-0.15, -0.1) is 0 Å². The molecule has 0 unspecified atom stereocenters. The van der Waals surface area contributed by atoms with Crippen molar-refractivity contribution in [3.05, 3.63) is 88.4 Å². The number of rotatable bonds is 8. The van der Waals surface area contributed by atoms with Gasteiger partial charge in [-0.2, -0.15) is 0 Å². The van der Waals surface area contributed by atoms with Gasteiger partial charge in [0.2, 0.25) is 10.4 Å². The Labute approximate surface area is 233 Å². The quantitative estimate of drug-likeness (QED) is 0.120. The minimum absolute atomic E-state index is 0.341. The fraction of sp³-hybridized carbons (Fsp3) is 0.148. The Morgan fingerprint density at radius 2 is 1.62 bits per heavy atom. The lowest BCUT2D eigenvalue weighted by molar-refractivity contribution is -0.116. The molecule has 0 aliphatic rings. The zero-order valence-electron chi connectivity index (χ0n) is 19.7. The van der Waals surface area contributed by atoms with Gasteiger partial charge in [0.1, 0.15) is 11.4 Å². The molecule has 0 saturated carbocycles. The number of benzene rings is 3. The molecule has 190 valence electrons. The van der Waals surface area contributed by atoms with Crippen molar-refractivity contribution in [2.45, 2.75) is 17.8 Å². The van der Waals surface area contributed by atoms with Crippen LogP contribution in [0.25, 0.3) is 22.6 Å². The van der Waals surface area contributed by atoms with Gasteiger partial charge in [-0.1, -0.05) is 69.8 Å². The molecule has 0 fully saturated rings. The molecule has 0 spiro atoms. The predicted molar refractivity (Wildman–Crippen MR) is 147 cm³/mol. The van der Waals surface area contributed by atoms with E-state index in [9.17, 15) is 9.59 Å². The van der Waals surface area contributed by atoms with E-state index in [1.165, 1.54) is 14.0 Å². The summed E-state index contributed by atoms with van der Waals surface area (Å²) in [7, 11) is 1.53. The Bertz CT molecular complexity index is 1430. The van der Waals surface area contributed by atoms with E-state index in [0.717, 1.165) is 4.90 Å². The van der Waals surface area contributed by atoms with Crippen LogP contribution in [-0.4, -0.2) is 28.4 Å². The van der Waals surface area contributed by atoms with Gasteiger partial charge in [0.15, 0.2) is 11.5 Å². The molecule has 0 aliphatic carbocycles. The first-order valence-electron chi connectivity index (χ1n) is 11.0. The van der Waals surface area contributed by atoms with E-state index in [4.69, 9.17) is 55.7 Å². The number of Topliss-reactive ketones (excluding diaryl/α,β-unsaturated/α-hetero) is 1. The first kappa shape index (κ1) is 27.0. The first-order valence-corrected chi connectivity index (χ1v) is 12.5. The number of methoxy groups -OCH3 is 1. The molecule has 0 atom stereocenters. The third kappa shape index (κ3) is 5.94. The van der Waals surface area contributed by atoms with Crippen LogP contribution in [0.2, 0.25) is 10.0 Å². The molecule has 1 amide bonds. The molecule has 1 heterocycles. The Balaban J connectivity index is 1.63. The van der Waals surface area contributed by atoms with Crippen LogP contribution in [0.4, 0.5) is 5.69 Å². The van der Waals surface area contributed by atoms with E-state index >= 15 is 0 Å². The fourth-order valence-corrected chi connectivity index (χ4v) is 5.09. The van der Waals surface area contributed by atoms with Crippen molar-refractivity contribution in [1.82, 2.24) is 5.16 Å². The van der Waals surface area contributed by atoms with Crippen molar-refractivity contribution >= 4 is 63.8 Å². The topological polar surface area (TPSA) is 72.6 Å². The van der Waals surface area contributed by atoms with Crippen molar-refractivity contribution in [2.75, 3.05) is 12.0 Å². The number of nitrogens with zero attached hydrogens (tertiary/aromatic N) is 2. The van der Waals surface area contributed by atoms with E-state index < -0.39 is 10.4 Å². The van der Waals surface area contributed by atoms with Gasteiger partial charge in [0.05, 0.1) is 23.6 Å². The number of amides is 1. The number of halogens is 4. The van der Waals surface area contributed by atoms with E-state index in [1.54, 1.807) is 72.8 Å². The van der Waals surface area contributed by atoms with Crippen LogP contribution in [0.3, 0.4) is 0 Å². The van der Waals surface area contributed by atoms with Crippen LogP contribution in [0.5, 0.6) is 5.75 Å². The summed E-state index contributed by atoms with van der Waals surface area (Å²) in [5.41, 5.74) is 2.34. The lowest BCUT2D eigenvalue weighted by Gasteiger charge is -2.33. The minimum Gasteiger partial charge on any atom is -0.497 e. The lowest BCUT2D eigenvalue weighted by Crippen LogP contribution is -2.44. The van der Waals surface area contributed by atoms with Gasteiger partial charge < -0.3 is 9.26 Å². The molecule has 4 aromatic rings. The smallest absolute Gasteiger partial charge is 0.226 e. The third-order valence-electron chi connectivity index (χ3n) is 5.55. The number of carbonyl (C=O) groups is 2. The molecular formula is C27H20Cl4N2O4. The summed E-state index contributed by atoms with van der Waals surface area (Å²) in [5, 5.41) is 4.96. The van der Waals surface area contributed by atoms with Gasteiger partial charge >= 0.3 is 0 Å². The summed E-state index contributed by atoms with van der Waals surface area (Å²) >= 11 is 25.8. The Morgan fingerprint density at radius 3 is 2.24 bits per heavy atom. The van der Waals surface area contributed by atoms with Crippen molar-refractivity contribution < 1.29 is 18.8 Å². The zero-order chi connectivity index (χ0) is 26.7. The van der Waals surface area contributed by atoms with Gasteiger partial charge in [0.25, 0.3) is 0 Å². The average molecular weight is 578 g/mol. The number of ketones is 1. The molecule has 6 nitrogen and oxygen atoms in total. The molecule has 3 aromatic carbocycles. The SMILES string of the molecule is COc1ccc(C(=O)CC(Cl)(Cl)N(C(C)=O)c2cccc(-c3cc(-c4c(Cl)cccc4Cl)no3)c2)cc1. The van der Waals surface area contributed by atoms with Crippen molar-refractivity contribution in [1.29, 1.82) is 0 Å². The number of ether oxygens (including phenoxy) is 1. The summed E-state index contributed by atoms with van der Waals surface area (Å²) in [4.78, 5) is 26.7. The molecule has 37 heavy (non-hydrogen) atoms. The Hall–Kier alpha value is -3.03. The fourth-order valence-electron chi connectivity index (χ4n) is 3.82. The average Bonchev–Trinajstić information content (AvgIpc) is 3.33. The lowest BCUT2D eigenvalue weighted by atomic mass is 10.1. The van der Waals surface area contributed by atoms with Gasteiger partial charge in [-0.25, -0.2) is 0 Å². The highest BCUT2D eigenvalue weighted by Crippen LogP contribution is 2.39. The van der Waals surface area contributed by atoms with Crippen LogP contribution >= 0.6 is 46.4 Å². The van der Waals surface area contributed by atoms with Crippen molar-refractivity contribution in [2.24, 2.45) is 0 Å². The molecule has 4 rings (SSSR count). The molecule has 10 heteroatoms. The van der Waals surface area contributed by atoms with Crippen molar-refractivity contribution in [3.63, 3.8) is 0 Å². The zero-order valence-corrected chi connectivity index (χ0v) is 22.7. The summed E-state index contributed by atoms with van der Waals surface area (Å²) in [6.45, 7) is 1.32. The highest BCUT2D eigenvalue weighted by molar-refractivity contribution is 6.52. The monoisotopic (exact) mass is 576 g/mol. The molecule has 0 radical (unpaired) electrons. The second-order valence-electron chi connectivity index (χ2n) is 8.07. The maximum Gasteiger partial charge on any atom is 0.226 e. The predicted octanol–water partition coefficient (Wildman–Crippen LogP) is 8.08. The Morgan fingerprint density at radius 1 is 0.973 bits per heavy atom. The summed E-state index contributed by atoms with van der Waals surface area (Å²) < 4.78 is 8.80. The van der Waals surface area contributed by atoms with Crippen molar-refractivity contribution in [3.8, 4) is 28.3 Å². The summed E-state index contributed by atoms with van der Waals surface area (Å²) in [6.07, 6.45) is -0.344. The second kappa shape index (κ2) is 11.2. The van der Waals surface area contributed by atoms with Gasteiger partial charge in [-0.3, -0.25) is 14.5 Å². The van der Waals surface area contributed by atoms with Crippen LogP contribution < -0.4 is 9.64 Å². The third-order valence-corrected chi connectivity index (χ3v) is 6.78. The normalized spacial score (nSPS) is 11.3. The molecular weight excluding hydrogens is 558 g/mol. The summed E-state index contributed by atoms with van der Waals surface area (Å²) in [5.74, 6) is 0.215. The molecule has 0 saturated heterocycles. The number of alkyl halides is 2. The van der Waals surface area contributed by atoms with E-state index in [0.29, 0.717) is 49.6 Å². The highest BCUT2D eigenvalue weighted by Gasteiger charge is 2.38. The number of carbonyl (C=O) groups excluding carboxylic acids is 2. The maximum atomic E-state index is 12.9. The number of aromatic nitrogens is 1. The maximum absolute atomic E-state index is 12.9.